The van der Waals surface area contributed by atoms with Gasteiger partial charge in [-0.2, -0.15) is 13.2 Å². The third-order valence-electron chi connectivity index (χ3n) is 5.38. The lowest BCUT2D eigenvalue weighted by Gasteiger charge is -2.38. The number of H-pyrrole nitrogens is 1. The maximum absolute atomic E-state index is 14.5. The van der Waals surface area contributed by atoms with Gasteiger partial charge in [0.05, 0.1) is 18.7 Å². The average Bonchev–Trinajstić information content (AvgIpc) is 3.34. The second-order valence-electron chi connectivity index (χ2n) is 7.67. The van der Waals surface area contributed by atoms with Crippen molar-refractivity contribution < 1.29 is 23.0 Å². The minimum atomic E-state index is -4.99. The van der Waals surface area contributed by atoms with Crippen molar-refractivity contribution in [3.63, 3.8) is 0 Å². The molecule has 0 saturated heterocycles. The number of benzene rings is 2. The van der Waals surface area contributed by atoms with Crippen molar-refractivity contribution in [1.82, 2.24) is 20.2 Å². The molecule has 0 amide bonds. The van der Waals surface area contributed by atoms with Crippen molar-refractivity contribution in [2.45, 2.75) is 29.9 Å². The fourth-order valence-electron chi connectivity index (χ4n) is 3.61. The number of nitrogens with zero attached hydrogens (tertiary/aromatic N) is 3. The quantitative estimate of drug-likeness (QED) is 0.303. The van der Waals surface area contributed by atoms with E-state index in [1.807, 2.05) is 6.92 Å². The van der Waals surface area contributed by atoms with E-state index in [0.717, 1.165) is 5.69 Å². The number of aromatic nitrogens is 4. The summed E-state index contributed by atoms with van der Waals surface area (Å²) in [7, 11) is 1.43. The minimum Gasteiger partial charge on any atom is -0.497 e. The summed E-state index contributed by atoms with van der Waals surface area (Å²) in [6.07, 6.45) is -3.73. The monoisotopic (exact) mass is 489 g/mol. The van der Waals surface area contributed by atoms with Crippen LogP contribution in [0.4, 0.5) is 18.9 Å². The molecule has 0 aliphatic heterocycles. The number of alkyl halides is 3. The summed E-state index contributed by atoms with van der Waals surface area (Å²) in [6.45, 7) is 1.83. The summed E-state index contributed by atoms with van der Waals surface area (Å²) in [5.41, 5.74) is -1.18. The van der Waals surface area contributed by atoms with E-state index in [2.05, 4.69) is 25.5 Å². The Kier molecular flexibility index (Phi) is 6.67. The van der Waals surface area contributed by atoms with Gasteiger partial charge in [0.15, 0.2) is 5.60 Å². The predicted octanol–water partition coefficient (Wildman–Crippen LogP) is 4.91. The zero-order valence-electron chi connectivity index (χ0n) is 18.3. The molecule has 0 bridgehead atoms. The molecule has 2 unspecified atom stereocenters. The Morgan fingerprint density at radius 3 is 2.65 bits per heavy atom. The number of rotatable bonds is 8. The minimum absolute atomic E-state index is 0.0944. The van der Waals surface area contributed by atoms with Gasteiger partial charge in [0.1, 0.15) is 12.1 Å². The molecule has 4 aromatic rings. The number of nitrogens with one attached hydrogen (secondary N) is 2. The van der Waals surface area contributed by atoms with Gasteiger partial charge in [-0.05, 0) is 48.9 Å². The molecular weight excluding hydrogens is 467 g/mol. The molecule has 3 N–H and O–H groups in total. The van der Waals surface area contributed by atoms with Gasteiger partial charge in [-0.3, -0.25) is 10.1 Å². The first-order chi connectivity index (χ1) is 16.2. The van der Waals surface area contributed by atoms with Gasteiger partial charge >= 0.3 is 6.18 Å². The van der Waals surface area contributed by atoms with Crippen LogP contribution in [0.5, 0.6) is 5.75 Å². The fraction of sp³-hybridized carbons (Fsp3) is 0.261. The third kappa shape index (κ3) is 4.80. The number of aliphatic hydroxyl groups is 1. The van der Waals surface area contributed by atoms with Crippen LogP contribution in [-0.4, -0.2) is 49.9 Å². The van der Waals surface area contributed by atoms with Crippen LogP contribution in [0, 0.1) is 6.92 Å². The highest BCUT2D eigenvalue weighted by molar-refractivity contribution is 7.99. The highest BCUT2D eigenvalue weighted by Crippen LogP contribution is 2.45. The number of pyridine rings is 1. The van der Waals surface area contributed by atoms with Crippen LogP contribution in [0.25, 0.3) is 10.9 Å². The summed E-state index contributed by atoms with van der Waals surface area (Å²) >= 11 is 0.703. The molecule has 0 aliphatic rings. The van der Waals surface area contributed by atoms with Crippen molar-refractivity contribution in [2.75, 3.05) is 18.2 Å². The van der Waals surface area contributed by atoms with E-state index in [4.69, 9.17) is 4.74 Å². The number of anilines is 1. The van der Waals surface area contributed by atoms with E-state index < -0.39 is 23.6 Å². The molecule has 178 valence electrons. The standard InChI is InChI=1S/C23H22F3N5O2S/c1-14-9-10-17-18(29-14)7-4-8-19(17)30-20(15-5-3-6-16(11-15)33-2)22(32,23(24,25)26)12-34-21-27-13-28-31-21/h3-11,13,20,30,32H,12H2,1-2H3,(H,27,28,31). The zero-order chi connectivity index (χ0) is 24.3. The molecule has 7 nitrogen and oxygen atoms in total. The summed E-state index contributed by atoms with van der Waals surface area (Å²) in [5.74, 6) is -0.378. The Morgan fingerprint density at radius 1 is 1.15 bits per heavy atom. The molecule has 2 aromatic heterocycles. The first-order valence-corrected chi connectivity index (χ1v) is 11.2. The summed E-state index contributed by atoms with van der Waals surface area (Å²) in [4.78, 5) is 8.32. The molecule has 0 radical (unpaired) electrons. The van der Waals surface area contributed by atoms with Crippen LogP contribution >= 0.6 is 11.8 Å². The maximum Gasteiger partial charge on any atom is 0.420 e. The second-order valence-corrected chi connectivity index (χ2v) is 8.61. The van der Waals surface area contributed by atoms with Crippen LogP contribution < -0.4 is 10.1 Å². The van der Waals surface area contributed by atoms with E-state index in [-0.39, 0.29) is 10.7 Å². The van der Waals surface area contributed by atoms with Crippen LogP contribution in [-0.2, 0) is 0 Å². The van der Waals surface area contributed by atoms with E-state index >= 15 is 0 Å². The molecule has 2 aromatic carbocycles. The van der Waals surface area contributed by atoms with E-state index in [1.165, 1.54) is 25.6 Å². The fourth-order valence-corrected chi connectivity index (χ4v) is 4.53. The number of methoxy groups -OCH3 is 1. The zero-order valence-corrected chi connectivity index (χ0v) is 19.1. The lowest BCUT2D eigenvalue weighted by Crippen LogP contribution is -2.54. The van der Waals surface area contributed by atoms with Crippen LogP contribution in [0.3, 0.4) is 0 Å². The van der Waals surface area contributed by atoms with Crippen molar-refractivity contribution in [1.29, 1.82) is 0 Å². The first kappa shape index (κ1) is 23.8. The Bertz CT molecular complexity index is 1270. The van der Waals surface area contributed by atoms with Crippen molar-refractivity contribution >= 4 is 28.4 Å². The molecular formula is C23H22F3N5O2S. The normalized spacial score (nSPS) is 14.5. The largest absolute Gasteiger partial charge is 0.497 e. The Balaban J connectivity index is 1.82. The Hall–Kier alpha value is -3.31. The second kappa shape index (κ2) is 9.51. The average molecular weight is 490 g/mol. The number of ether oxygens (including phenoxy) is 1. The van der Waals surface area contributed by atoms with Crippen LogP contribution in [0.2, 0.25) is 0 Å². The van der Waals surface area contributed by atoms with Gasteiger partial charge in [0.2, 0.25) is 5.16 Å². The topological polar surface area (TPSA) is 96.0 Å². The van der Waals surface area contributed by atoms with Gasteiger partial charge in [0, 0.05) is 22.5 Å². The summed E-state index contributed by atoms with van der Waals surface area (Å²) in [5, 5.41) is 21.2. The highest BCUT2D eigenvalue weighted by atomic mass is 32.2. The molecule has 11 heteroatoms. The molecule has 0 saturated carbocycles. The maximum atomic E-state index is 14.5. The lowest BCUT2D eigenvalue weighted by atomic mass is 9.88. The number of halogens is 3. The third-order valence-corrected chi connectivity index (χ3v) is 6.42. The summed E-state index contributed by atoms with van der Waals surface area (Å²) in [6, 6.07) is 13.3. The van der Waals surface area contributed by atoms with E-state index in [0.29, 0.717) is 34.1 Å². The van der Waals surface area contributed by atoms with E-state index in [9.17, 15) is 18.3 Å². The Morgan fingerprint density at radius 2 is 1.94 bits per heavy atom. The molecule has 0 aliphatic carbocycles. The molecule has 2 heterocycles. The SMILES string of the molecule is COc1cccc(C(Nc2cccc3nc(C)ccc23)C(O)(CSc2nc[nH]n2)C(F)(F)F)c1. The number of hydrogen-bond donors (Lipinski definition) is 3. The number of fused-ring (bicyclic) bond motifs is 1. The molecule has 4 rings (SSSR count). The first-order valence-electron chi connectivity index (χ1n) is 10.3. The van der Waals surface area contributed by atoms with Crippen molar-refractivity contribution in [2.24, 2.45) is 0 Å². The van der Waals surface area contributed by atoms with Gasteiger partial charge < -0.3 is 15.2 Å². The highest BCUT2D eigenvalue weighted by Gasteiger charge is 2.59. The predicted molar refractivity (Wildman–Crippen MR) is 124 cm³/mol. The molecule has 34 heavy (non-hydrogen) atoms. The Labute approximate surface area is 197 Å². The molecule has 2 atom stereocenters. The van der Waals surface area contributed by atoms with Crippen LogP contribution in [0.15, 0.2) is 66.1 Å². The molecule has 0 fully saturated rings. The van der Waals surface area contributed by atoms with Gasteiger partial charge in [-0.25, -0.2) is 4.98 Å². The van der Waals surface area contributed by atoms with E-state index in [1.54, 1.807) is 42.5 Å². The number of aryl methyl sites for hydroxylation is 1. The van der Waals surface area contributed by atoms with Crippen molar-refractivity contribution in [3.8, 4) is 5.75 Å². The smallest absolute Gasteiger partial charge is 0.420 e. The van der Waals surface area contributed by atoms with Gasteiger partial charge in [0.25, 0.3) is 0 Å². The van der Waals surface area contributed by atoms with Crippen LogP contribution in [0.1, 0.15) is 17.3 Å². The number of hydrogen-bond acceptors (Lipinski definition) is 7. The molecule has 0 spiro atoms. The number of thioether (sulfide) groups is 1. The van der Waals surface area contributed by atoms with Gasteiger partial charge in [-0.1, -0.05) is 30.0 Å². The number of aromatic amines is 1. The van der Waals surface area contributed by atoms with Gasteiger partial charge in [-0.15, -0.1) is 5.10 Å². The summed E-state index contributed by atoms with van der Waals surface area (Å²) < 4.78 is 48.8. The lowest BCUT2D eigenvalue weighted by molar-refractivity contribution is -0.256. The van der Waals surface area contributed by atoms with Crippen molar-refractivity contribution in [3.05, 3.63) is 72.2 Å².